The third-order valence-electron chi connectivity index (χ3n) is 4.55. The molecule has 23 heavy (non-hydrogen) atoms. The molecule has 0 bridgehead atoms. The Hall–Kier alpha value is -1.39. The van der Waals surface area contributed by atoms with Crippen LogP contribution in [0.5, 0.6) is 0 Å². The topological polar surface area (TPSA) is 58.2 Å². The van der Waals surface area contributed by atoms with E-state index in [2.05, 4.69) is 10.6 Å². The summed E-state index contributed by atoms with van der Waals surface area (Å²) in [4.78, 5) is 24.0. The molecule has 1 fully saturated rings. The van der Waals surface area contributed by atoms with E-state index in [1.54, 1.807) is 7.05 Å². The van der Waals surface area contributed by atoms with Gasteiger partial charge in [-0.2, -0.15) is 0 Å². The molecule has 2 N–H and O–H groups in total. The molecule has 0 spiro atoms. The molecular formula is C18H25ClN2O2. The molecule has 0 saturated heterocycles. The van der Waals surface area contributed by atoms with Gasteiger partial charge in [-0.1, -0.05) is 36.2 Å². The second-order valence-electron chi connectivity index (χ2n) is 6.07. The number of Topliss-reactive ketones (excluding diaryl/α,β-unsaturated/α-hetero) is 1. The molecule has 0 aliphatic heterocycles. The molecular weight excluding hydrogens is 312 g/mol. The Labute approximate surface area is 143 Å². The van der Waals surface area contributed by atoms with Gasteiger partial charge in [-0.05, 0) is 43.9 Å². The maximum atomic E-state index is 12.7. The summed E-state index contributed by atoms with van der Waals surface area (Å²) in [6.45, 7) is 0.702. The fourth-order valence-corrected chi connectivity index (χ4v) is 3.54. The zero-order valence-corrected chi connectivity index (χ0v) is 14.4. The van der Waals surface area contributed by atoms with Gasteiger partial charge < -0.3 is 10.6 Å². The summed E-state index contributed by atoms with van der Waals surface area (Å²) in [5.74, 6) is 0.280. The van der Waals surface area contributed by atoms with Crippen LogP contribution in [-0.4, -0.2) is 25.3 Å². The minimum absolute atomic E-state index is 0.0551. The van der Waals surface area contributed by atoms with E-state index in [-0.39, 0.29) is 11.7 Å². The molecule has 2 rings (SSSR count). The Morgan fingerprint density at radius 1 is 1.26 bits per heavy atom. The van der Waals surface area contributed by atoms with Gasteiger partial charge in [-0.25, -0.2) is 0 Å². The third kappa shape index (κ3) is 4.33. The average Bonchev–Trinajstić information content (AvgIpc) is 2.56. The van der Waals surface area contributed by atoms with E-state index in [9.17, 15) is 9.59 Å². The number of hydrogen-bond acceptors (Lipinski definition) is 3. The highest BCUT2D eigenvalue weighted by Gasteiger charge is 2.41. The SMILES string of the molecule is CNC(=O)CCCCNC1(c2ccccc2Cl)CCCCC1=O. The van der Waals surface area contributed by atoms with Crippen molar-refractivity contribution in [2.24, 2.45) is 0 Å². The minimum atomic E-state index is -0.663. The van der Waals surface area contributed by atoms with Crippen LogP contribution < -0.4 is 10.6 Å². The number of unbranched alkanes of at least 4 members (excludes halogenated alkanes) is 1. The number of benzene rings is 1. The molecule has 0 heterocycles. The molecule has 0 radical (unpaired) electrons. The number of rotatable bonds is 7. The monoisotopic (exact) mass is 336 g/mol. The summed E-state index contributed by atoms with van der Waals surface area (Å²) in [5.41, 5.74) is 0.224. The molecule has 1 aromatic carbocycles. The van der Waals surface area contributed by atoms with Gasteiger partial charge in [0.1, 0.15) is 5.54 Å². The van der Waals surface area contributed by atoms with Gasteiger partial charge in [0, 0.05) is 24.9 Å². The largest absolute Gasteiger partial charge is 0.359 e. The van der Waals surface area contributed by atoms with Gasteiger partial charge in [-0.3, -0.25) is 9.59 Å². The maximum absolute atomic E-state index is 12.7. The van der Waals surface area contributed by atoms with Crippen molar-refractivity contribution >= 4 is 23.3 Å². The van der Waals surface area contributed by atoms with Crippen LogP contribution in [0.1, 0.15) is 50.5 Å². The normalized spacial score (nSPS) is 21.2. The standard InChI is InChI=1S/C18H25ClN2O2/c1-20-17(23)11-5-7-13-21-18(12-6-4-10-16(18)22)14-8-2-3-9-15(14)19/h2-3,8-9,21H,4-7,10-13H2,1H3,(H,20,23). The molecule has 1 saturated carbocycles. The van der Waals surface area contributed by atoms with E-state index in [0.29, 0.717) is 24.4 Å². The molecule has 5 heteroatoms. The molecule has 1 aliphatic carbocycles. The fourth-order valence-electron chi connectivity index (χ4n) is 3.24. The van der Waals surface area contributed by atoms with E-state index in [4.69, 9.17) is 11.6 Å². The first-order valence-corrected chi connectivity index (χ1v) is 8.72. The van der Waals surface area contributed by atoms with Crippen molar-refractivity contribution in [2.75, 3.05) is 13.6 Å². The van der Waals surface area contributed by atoms with Gasteiger partial charge >= 0.3 is 0 Å². The van der Waals surface area contributed by atoms with Gasteiger partial charge in [0.2, 0.25) is 5.91 Å². The van der Waals surface area contributed by atoms with Crippen molar-refractivity contribution in [3.8, 4) is 0 Å². The summed E-state index contributed by atoms with van der Waals surface area (Å²) >= 11 is 6.37. The van der Waals surface area contributed by atoms with Crippen molar-refractivity contribution in [3.05, 3.63) is 34.9 Å². The van der Waals surface area contributed by atoms with Crippen molar-refractivity contribution in [1.82, 2.24) is 10.6 Å². The molecule has 1 atom stereocenters. The molecule has 4 nitrogen and oxygen atoms in total. The molecule has 1 unspecified atom stereocenters. The smallest absolute Gasteiger partial charge is 0.219 e. The second kappa shape index (κ2) is 8.46. The van der Waals surface area contributed by atoms with Crippen LogP contribution in [0.15, 0.2) is 24.3 Å². The third-order valence-corrected chi connectivity index (χ3v) is 4.88. The lowest BCUT2D eigenvalue weighted by Crippen LogP contribution is -2.51. The molecule has 0 aromatic heterocycles. The first kappa shape index (κ1) is 18.0. The quantitative estimate of drug-likeness (QED) is 0.752. The van der Waals surface area contributed by atoms with E-state index in [0.717, 1.165) is 37.7 Å². The first-order valence-electron chi connectivity index (χ1n) is 8.34. The van der Waals surface area contributed by atoms with E-state index >= 15 is 0 Å². The summed E-state index contributed by atoms with van der Waals surface area (Å²) in [6.07, 6.45) is 5.52. The van der Waals surface area contributed by atoms with Gasteiger partial charge in [0.15, 0.2) is 5.78 Å². The lowest BCUT2D eigenvalue weighted by molar-refractivity contribution is -0.128. The summed E-state index contributed by atoms with van der Waals surface area (Å²) in [6, 6.07) is 7.60. The zero-order chi connectivity index (χ0) is 16.7. The number of hydrogen-bond donors (Lipinski definition) is 2. The van der Waals surface area contributed by atoms with Crippen molar-refractivity contribution < 1.29 is 9.59 Å². The number of carbonyl (C=O) groups is 2. The molecule has 1 amide bonds. The van der Waals surface area contributed by atoms with Crippen LogP contribution in [0.3, 0.4) is 0 Å². The van der Waals surface area contributed by atoms with E-state index in [1.807, 2.05) is 24.3 Å². The van der Waals surface area contributed by atoms with Crippen molar-refractivity contribution in [2.45, 2.75) is 50.5 Å². The number of nitrogens with one attached hydrogen (secondary N) is 2. The summed E-state index contributed by atoms with van der Waals surface area (Å²) in [5, 5.41) is 6.73. The summed E-state index contributed by atoms with van der Waals surface area (Å²) in [7, 11) is 1.65. The second-order valence-corrected chi connectivity index (χ2v) is 6.48. The number of amides is 1. The Kier molecular flexibility index (Phi) is 6.60. The van der Waals surface area contributed by atoms with Crippen LogP contribution in [0.2, 0.25) is 5.02 Å². The maximum Gasteiger partial charge on any atom is 0.219 e. The van der Waals surface area contributed by atoms with Crippen LogP contribution in [0.4, 0.5) is 0 Å². The molecule has 1 aromatic rings. The number of halogens is 1. The summed E-state index contributed by atoms with van der Waals surface area (Å²) < 4.78 is 0. The van der Waals surface area contributed by atoms with Crippen molar-refractivity contribution in [3.63, 3.8) is 0 Å². The number of carbonyl (C=O) groups excluding carboxylic acids is 2. The van der Waals surface area contributed by atoms with Crippen LogP contribution in [0.25, 0.3) is 0 Å². The first-order chi connectivity index (χ1) is 11.1. The highest BCUT2D eigenvalue weighted by Crippen LogP contribution is 2.37. The minimum Gasteiger partial charge on any atom is -0.359 e. The van der Waals surface area contributed by atoms with Gasteiger partial charge in [0.05, 0.1) is 0 Å². The van der Waals surface area contributed by atoms with Gasteiger partial charge in [0.25, 0.3) is 0 Å². The zero-order valence-electron chi connectivity index (χ0n) is 13.7. The highest BCUT2D eigenvalue weighted by atomic mass is 35.5. The lowest BCUT2D eigenvalue weighted by atomic mass is 9.75. The Morgan fingerprint density at radius 2 is 2.04 bits per heavy atom. The highest BCUT2D eigenvalue weighted by molar-refractivity contribution is 6.31. The van der Waals surface area contributed by atoms with Gasteiger partial charge in [-0.15, -0.1) is 0 Å². The predicted octanol–water partition coefficient (Wildman–Crippen LogP) is 3.18. The predicted molar refractivity (Wildman–Crippen MR) is 92.5 cm³/mol. The van der Waals surface area contributed by atoms with E-state index in [1.165, 1.54) is 0 Å². The average molecular weight is 337 g/mol. The lowest BCUT2D eigenvalue weighted by Gasteiger charge is -2.38. The van der Waals surface area contributed by atoms with Crippen LogP contribution in [-0.2, 0) is 15.1 Å². The number of ketones is 1. The van der Waals surface area contributed by atoms with Crippen LogP contribution in [0, 0.1) is 0 Å². The van der Waals surface area contributed by atoms with E-state index < -0.39 is 5.54 Å². The Morgan fingerprint density at radius 3 is 2.74 bits per heavy atom. The Bertz CT molecular complexity index is 562. The Balaban J connectivity index is 2.05. The van der Waals surface area contributed by atoms with Crippen LogP contribution >= 0.6 is 11.6 Å². The fraction of sp³-hybridized carbons (Fsp3) is 0.556. The molecule has 126 valence electrons. The van der Waals surface area contributed by atoms with Crippen molar-refractivity contribution in [1.29, 1.82) is 0 Å². The molecule has 1 aliphatic rings.